The van der Waals surface area contributed by atoms with Crippen molar-refractivity contribution in [3.63, 3.8) is 0 Å². The molecule has 0 saturated heterocycles. The molecule has 0 saturated carbocycles. The summed E-state index contributed by atoms with van der Waals surface area (Å²) in [5.41, 5.74) is 15.4. The highest BCUT2D eigenvalue weighted by atomic mass is 16.3. The van der Waals surface area contributed by atoms with Crippen LogP contribution in [-0.4, -0.2) is 9.13 Å². The largest absolute Gasteiger partial charge is 0.456 e. The van der Waals surface area contributed by atoms with E-state index in [2.05, 4.69) is 167 Å². The summed E-state index contributed by atoms with van der Waals surface area (Å²) < 4.78 is 11.0. The van der Waals surface area contributed by atoms with Crippen molar-refractivity contribution in [2.24, 2.45) is 0 Å². The molecule has 3 nitrogen and oxygen atoms in total. The molecule has 11 rings (SSSR count). The molecule has 0 N–H and O–H groups in total. The lowest BCUT2D eigenvalue weighted by Crippen LogP contribution is -2.03. The first-order valence-corrected chi connectivity index (χ1v) is 17.7. The Balaban J connectivity index is 0.992. The van der Waals surface area contributed by atoms with Crippen molar-refractivity contribution in [3.05, 3.63) is 175 Å². The second-order valence-electron chi connectivity index (χ2n) is 13.6. The minimum atomic E-state index is 0.919. The molecule has 0 amide bonds. The van der Waals surface area contributed by atoms with Crippen LogP contribution in [0.1, 0.15) is 17.7 Å². The van der Waals surface area contributed by atoms with Crippen LogP contribution in [0, 0.1) is 0 Å². The molecular weight excluding hydrogens is 621 g/mol. The number of hydrogen-bond donors (Lipinski definition) is 0. The molecule has 240 valence electrons. The van der Waals surface area contributed by atoms with Gasteiger partial charge >= 0.3 is 0 Å². The Kier molecular flexibility index (Phi) is 6.08. The van der Waals surface area contributed by atoms with E-state index >= 15 is 0 Å². The van der Waals surface area contributed by atoms with E-state index in [9.17, 15) is 0 Å². The monoisotopic (exact) mass is 652 g/mol. The fourth-order valence-corrected chi connectivity index (χ4v) is 8.43. The van der Waals surface area contributed by atoms with Gasteiger partial charge in [-0.3, -0.25) is 0 Å². The average molecular weight is 653 g/mol. The summed E-state index contributed by atoms with van der Waals surface area (Å²) in [5, 5.41) is 6.15. The van der Waals surface area contributed by atoms with Gasteiger partial charge in [-0.2, -0.15) is 0 Å². The normalized spacial score (nSPS) is 12.9. The summed E-state index contributed by atoms with van der Waals surface area (Å²) in [4.78, 5) is 0. The first-order chi connectivity index (χ1) is 25.3. The summed E-state index contributed by atoms with van der Waals surface area (Å²) in [6.45, 7) is 0. The first kappa shape index (κ1) is 28.3. The minimum Gasteiger partial charge on any atom is -0.456 e. The molecule has 3 heteroatoms. The summed E-state index contributed by atoms with van der Waals surface area (Å²) in [7, 11) is 0. The molecule has 1 aliphatic carbocycles. The van der Waals surface area contributed by atoms with Crippen molar-refractivity contribution in [3.8, 4) is 33.6 Å². The summed E-state index contributed by atoms with van der Waals surface area (Å²) >= 11 is 0. The molecule has 0 aliphatic heterocycles. The molecule has 51 heavy (non-hydrogen) atoms. The number of para-hydroxylation sites is 3. The molecule has 1 aliphatic rings. The van der Waals surface area contributed by atoms with Crippen molar-refractivity contribution in [2.45, 2.75) is 12.8 Å². The SMILES string of the molecule is C1=Cc2c(n(-c3ccc4c(c3)c3ccccc3n4-c3ccc(-c4cccc(-c5ccc6oc7ccccc7c6c5)c4)cc3)c3ccccc23)CC1. The molecular formula is C48H32N2O. The van der Waals surface area contributed by atoms with Crippen molar-refractivity contribution < 1.29 is 4.42 Å². The van der Waals surface area contributed by atoms with Crippen LogP contribution in [0.25, 0.3) is 94.4 Å². The number of furan rings is 1. The van der Waals surface area contributed by atoms with Gasteiger partial charge < -0.3 is 13.6 Å². The zero-order valence-corrected chi connectivity index (χ0v) is 27.9. The van der Waals surface area contributed by atoms with Crippen LogP contribution in [0.2, 0.25) is 0 Å². The Bertz CT molecular complexity index is 3020. The lowest BCUT2D eigenvalue weighted by molar-refractivity contribution is 0.669. The number of rotatable bonds is 4. The van der Waals surface area contributed by atoms with E-state index in [0.717, 1.165) is 40.5 Å². The van der Waals surface area contributed by atoms with E-state index in [4.69, 9.17) is 4.42 Å². The Hall–Kier alpha value is -6.58. The van der Waals surface area contributed by atoms with Gasteiger partial charge in [0.1, 0.15) is 11.2 Å². The number of allylic oxidation sites excluding steroid dienone is 1. The van der Waals surface area contributed by atoms with Crippen LogP contribution < -0.4 is 0 Å². The van der Waals surface area contributed by atoms with Gasteiger partial charge in [0.05, 0.1) is 16.6 Å². The van der Waals surface area contributed by atoms with Crippen LogP contribution in [0.15, 0.2) is 168 Å². The molecule has 7 aromatic carbocycles. The van der Waals surface area contributed by atoms with Crippen LogP contribution >= 0.6 is 0 Å². The van der Waals surface area contributed by atoms with Gasteiger partial charge in [-0.25, -0.2) is 0 Å². The van der Waals surface area contributed by atoms with Gasteiger partial charge in [0.15, 0.2) is 0 Å². The zero-order chi connectivity index (χ0) is 33.5. The van der Waals surface area contributed by atoms with E-state index < -0.39 is 0 Å². The summed E-state index contributed by atoms with van der Waals surface area (Å²) in [6, 6.07) is 57.2. The molecule has 3 aromatic heterocycles. The topological polar surface area (TPSA) is 23.0 Å². The Morgan fingerprint density at radius 2 is 1.06 bits per heavy atom. The van der Waals surface area contributed by atoms with Gasteiger partial charge in [-0.1, -0.05) is 103 Å². The maximum atomic E-state index is 6.08. The smallest absolute Gasteiger partial charge is 0.135 e. The highest BCUT2D eigenvalue weighted by molar-refractivity contribution is 6.10. The quantitative estimate of drug-likeness (QED) is 0.186. The number of nitrogens with zero attached hydrogens (tertiary/aromatic N) is 2. The first-order valence-electron chi connectivity index (χ1n) is 17.7. The van der Waals surface area contributed by atoms with Gasteiger partial charge in [-0.15, -0.1) is 0 Å². The maximum Gasteiger partial charge on any atom is 0.135 e. The predicted octanol–water partition coefficient (Wildman–Crippen LogP) is 12.9. The maximum absolute atomic E-state index is 6.08. The molecule has 0 unspecified atom stereocenters. The Morgan fingerprint density at radius 3 is 1.92 bits per heavy atom. The van der Waals surface area contributed by atoms with Crippen molar-refractivity contribution >= 4 is 60.7 Å². The van der Waals surface area contributed by atoms with Crippen molar-refractivity contribution in [1.29, 1.82) is 0 Å². The second kappa shape index (κ2) is 11.0. The average Bonchev–Trinajstić information content (AvgIpc) is 3.85. The number of hydrogen-bond acceptors (Lipinski definition) is 1. The Morgan fingerprint density at radius 1 is 0.412 bits per heavy atom. The lowest BCUT2D eigenvalue weighted by atomic mass is 9.98. The molecule has 0 fully saturated rings. The van der Waals surface area contributed by atoms with Crippen molar-refractivity contribution in [1.82, 2.24) is 9.13 Å². The lowest BCUT2D eigenvalue weighted by Gasteiger charge is -2.14. The molecule has 0 bridgehead atoms. The van der Waals surface area contributed by atoms with Gasteiger partial charge in [-0.05, 0) is 102 Å². The van der Waals surface area contributed by atoms with E-state index in [-0.39, 0.29) is 0 Å². The van der Waals surface area contributed by atoms with E-state index in [1.54, 1.807) is 0 Å². The summed E-state index contributed by atoms with van der Waals surface area (Å²) in [6.07, 6.45) is 6.74. The molecule has 0 atom stereocenters. The standard InChI is InChI=1S/C48H32N2O/c1-5-16-43-37(12-1)38-13-2-6-17-44(38)50(43)36-25-26-46-41(30-36)39-14-3-7-18-45(39)49(46)35-23-20-31(21-24-35)32-10-9-11-33(28-32)34-22-27-48-42(29-34)40-15-4-8-19-47(40)51-48/h1-5,7-16,18-30H,6,17H2. The molecule has 3 heterocycles. The number of benzene rings is 7. The van der Waals surface area contributed by atoms with Crippen LogP contribution in [0.5, 0.6) is 0 Å². The number of aromatic nitrogens is 2. The zero-order valence-electron chi connectivity index (χ0n) is 27.9. The molecule has 0 radical (unpaired) electrons. The molecule has 10 aromatic rings. The third-order valence-electron chi connectivity index (χ3n) is 10.8. The van der Waals surface area contributed by atoms with Gasteiger partial charge in [0.2, 0.25) is 0 Å². The fraction of sp³-hybridized carbons (Fsp3) is 0.0417. The van der Waals surface area contributed by atoms with Crippen LogP contribution in [-0.2, 0) is 6.42 Å². The third kappa shape index (κ3) is 4.31. The summed E-state index contributed by atoms with van der Waals surface area (Å²) in [5.74, 6) is 0. The molecule has 0 spiro atoms. The van der Waals surface area contributed by atoms with E-state index in [0.29, 0.717) is 0 Å². The highest BCUT2D eigenvalue weighted by Crippen LogP contribution is 2.39. The van der Waals surface area contributed by atoms with E-state index in [1.807, 2.05) is 12.1 Å². The highest BCUT2D eigenvalue weighted by Gasteiger charge is 2.20. The van der Waals surface area contributed by atoms with Crippen LogP contribution in [0.3, 0.4) is 0 Å². The Labute approximate surface area is 294 Å². The number of fused-ring (bicyclic) bond motifs is 9. The van der Waals surface area contributed by atoms with Gasteiger partial charge in [0.25, 0.3) is 0 Å². The van der Waals surface area contributed by atoms with Gasteiger partial charge in [0, 0.05) is 49.6 Å². The third-order valence-corrected chi connectivity index (χ3v) is 10.8. The minimum absolute atomic E-state index is 0.919. The second-order valence-corrected chi connectivity index (χ2v) is 13.6. The fourth-order valence-electron chi connectivity index (χ4n) is 8.43. The van der Waals surface area contributed by atoms with Crippen molar-refractivity contribution in [2.75, 3.05) is 0 Å². The predicted molar refractivity (Wildman–Crippen MR) is 213 cm³/mol. The van der Waals surface area contributed by atoms with Crippen LogP contribution in [0.4, 0.5) is 0 Å². The van der Waals surface area contributed by atoms with E-state index in [1.165, 1.54) is 71.9 Å².